The maximum atomic E-state index is 12.8. The van der Waals surface area contributed by atoms with Crippen molar-refractivity contribution >= 4 is 49.9 Å². The molecule has 0 atom stereocenters. The van der Waals surface area contributed by atoms with Crippen LogP contribution in [0.25, 0.3) is 10.1 Å². The van der Waals surface area contributed by atoms with Crippen LogP contribution in [0.2, 0.25) is 5.02 Å². The van der Waals surface area contributed by atoms with Crippen molar-refractivity contribution in [1.29, 1.82) is 0 Å². The number of carboxylic acid groups (broad SMARTS) is 1. The van der Waals surface area contributed by atoms with E-state index in [4.69, 9.17) is 25.8 Å². The number of phenols is 1. The lowest BCUT2D eigenvalue weighted by molar-refractivity contribution is 0.0700. The van der Waals surface area contributed by atoms with Gasteiger partial charge in [0.15, 0.2) is 11.5 Å². The third-order valence-electron chi connectivity index (χ3n) is 4.15. The second-order valence-electron chi connectivity index (χ2n) is 5.75. The first-order valence-electron chi connectivity index (χ1n) is 8.11. The monoisotopic (exact) mass is 437 g/mol. The molecule has 0 saturated heterocycles. The fourth-order valence-electron chi connectivity index (χ4n) is 2.81. The number of ether oxygens (including phenoxy) is 3. The van der Waals surface area contributed by atoms with Crippen LogP contribution in [-0.2, 0) is 0 Å². The Kier molecular flexibility index (Phi) is 5.71. The molecule has 0 spiro atoms. The Morgan fingerprint density at radius 2 is 1.69 bits per heavy atom. The third kappa shape index (κ3) is 3.62. The fraction of sp³-hybridized carbons (Fsp3) is 0.158. The van der Waals surface area contributed by atoms with Crippen LogP contribution >= 0.6 is 22.9 Å². The number of rotatable bonds is 6. The summed E-state index contributed by atoms with van der Waals surface area (Å²) in [6, 6.07) is 5.63. The van der Waals surface area contributed by atoms with Gasteiger partial charge in [0, 0.05) is 10.9 Å². The molecule has 1 heterocycles. The highest BCUT2D eigenvalue weighted by atomic mass is 35.5. The average Bonchev–Trinajstić information content (AvgIpc) is 3.08. The van der Waals surface area contributed by atoms with Gasteiger partial charge < -0.3 is 29.7 Å². The normalized spacial score (nSPS) is 10.6. The zero-order valence-corrected chi connectivity index (χ0v) is 17.1. The molecule has 0 aliphatic carbocycles. The minimum absolute atomic E-state index is 0.0169. The maximum Gasteiger partial charge on any atom is 0.339 e. The second kappa shape index (κ2) is 8.06. The van der Waals surface area contributed by atoms with E-state index in [-0.39, 0.29) is 38.4 Å². The van der Waals surface area contributed by atoms with Crippen molar-refractivity contribution in [2.24, 2.45) is 0 Å². The minimum Gasteiger partial charge on any atom is -0.506 e. The number of carbonyl (C=O) groups is 2. The largest absolute Gasteiger partial charge is 0.506 e. The summed E-state index contributed by atoms with van der Waals surface area (Å²) in [7, 11) is 4.28. The smallest absolute Gasteiger partial charge is 0.339 e. The van der Waals surface area contributed by atoms with E-state index >= 15 is 0 Å². The molecule has 0 radical (unpaired) electrons. The molecular weight excluding hydrogens is 422 g/mol. The van der Waals surface area contributed by atoms with E-state index < -0.39 is 11.9 Å². The van der Waals surface area contributed by atoms with Crippen LogP contribution in [0.15, 0.2) is 24.3 Å². The molecule has 0 fully saturated rings. The first-order valence-corrected chi connectivity index (χ1v) is 9.30. The number of anilines is 1. The van der Waals surface area contributed by atoms with Gasteiger partial charge in [-0.1, -0.05) is 11.6 Å². The Labute approximate surface area is 174 Å². The Hall–Kier alpha value is -3.17. The number of nitrogens with one attached hydrogen (secondary N) is 1. The van der Waals surface area contributed by atoms with Crippen molar-refractivity contribution in [3.8, 4) is 23.0 Å². The summed E-state index contributed by atoms with van der Waals surface area (Å²) in [5, 5.41) is 22.4. The van der Waals surface area contributed by atoms with E-state index in [1.807, 2.05) is 0 Å². The molecule has 10 heteroatoms. The molecule has 29 heavy (non-hydrogen) atoms. The van der Waals surface area contributed by atoms with Gasteiger partial charge >= 0.3 is 5.97 Å². The molecule has 0 aliphatic rings. The van der Waals surface area contributed by atoms with Crippen LogP contribution in [0, 0.1) is 0 Å². The van der Waals surface area contributed by atoms with Crippen LogP contribution in [-0.4, -0.2) is 43.4 Å². The molecule has 152 valence electrons. The number of methoxy groups -OCH3 is 3. The Bertz CT molecular complexity index is 1100. The lowest BCUT2D eigenvalue weighted by atomic mass is 10.1. The summed E-state index contributed by atoms with van der Waals surface area (Å²) < 4.78 is 16.1. The number of benzene rings is 2. The van der Waals surface area contributed by atoms with Gasteiger partial charge in [-0.05, 0) is 24.3 Å². The van der Waals surface area contributed by atoms with Gasteiger partial charge in [-0.2, -0.15) is 0 Å². The van der Waals surface area contributed by atoms with E-state index in [2.05, 4.69) is 5.32 Å². The number of fused-ring (bicyclic) bond motifs is 1. The van der Waals surface area contributed by atoms with Crippen LogP contribution in [0.4, 0.5) is 5.00 Å². The second-order valence-corrected chi connectivity index (χ2v) is 7.15. The van der Waals surface area contributed by atoms with Gasteiger partial charge in [-0.3, -0.25) is 4.79 Å². The molecule has 3 N–H and O–H groups in total. The summed E-state index contributed by atoms with van der Waals surface area (Å²) in [6.45, 7) is 0. The first kappa shape index (κ1) is 20.6. The lowest BCUT2D eigenvalue weighted by Gasteiger charge is -2.14. The van der Waals surface area contributed by atoms with Gasteiger partial charge in [-0.15, -0.1) is 11.3 Å². The molecule has 0 bridgehead atoms. The summed E-state index contributed by atoms with van der Waals surface area (Å²) in [6.07, 6.45) is 0. The van der Waals surface area contributed by atoms with Crippen LogP contribution in [0.5, 0.6) is 23.0 Å². The zero-order chi connectivity index (χ0) is 21.3. The number of carbonyl (C=O) groups excluding carboxylic acids is 1. The quantitative estimate of drug-likeness (QED) is 0.528. The number of hydrogen-bond donors (Lipinski definition) is 3. The summed E-state index contributed by atoms with van der Waals surface area (Å²) in [5.74, 6) is -1.13. The topological polar surface area (TPSA) is 114 Å². The molecule has 8 nitrogen and oxygen atoms in total. The van der Waals surface area contributed by atoms with Gasteiger partial charge in [0.25, 0.3) is 5.91 Å². The first-order chi connectivity index (χ1) is 13.8. The van der Waals surface area contributed by atoms with Crippen molar-refractivity contribution in [2.45, 2.75) is 0 Å². The molecule has 1 aromatic heterocycles. The molecular formula is C19H16ClNO7S. The van der Waals surface area contributed by atoms with Crippen LogP contribution in [0.3, 0.4) is 0 Å². The highest BCUT2D eigenvalue weighted by Gasteiger charge is 2.24. The molecule has 2 aromatic carbocycles. The number of hydrogen-bond acceptors (Lipinski definition) is 7. The van der Waals surface area contributed by atoms with Crippen molar-refractivity contribution in [2.75, 3.05) is 26.6 Å². The predicted molar refractivity (Wildman–Crippen MR) is 110 cm³/mol. The molecule has 0 aliphatic heterocycles. The molecule has 0 saturated carbocycles. The Morgan fingerprint density at radius 3 is 2.21 bits per heavy atom. The van der Waals surface area contributed by atoms with Crippen LogP contribution in [0.1, 0.15) is 20.7 Å². The summed E-state index contributed by atoms with van der Waals surface area (Å²) >= 11 is 7.04. The minimum atomic E-state index is -1.24. The summed E-state index contributed by atoms with van der Waals surface area (Å²) in [4.78, 5) is 24.6. The highest BCUT2D eigenvalue weighted by molar-refractivity contribution is 7.24. The van der Waals surface area contributed by atoms with Crippen LogP contribution < -0.4 is 19.5 Å². The Balaban J connectivity index is 2.08. The van der Waals surface area contributed by atoms with Gasteiger partial charge in [-0.25, -0.2) is 4.79 Å². The van der Waals surface area contributed by atoms with Gasteiger partial charge in [0.1, 0.15) is 21.3 Å². The standard InChI is InChI=1S/C19H16ClNO7S/c1-26-11-6-8(7-12(27-2)15(11)28-3)17(23)21-18-13(19(24)25)9-4-5-10(22)14(20)16(9)29-18/h4-7,22H,1-3H3,(H,21,23)(H,24,25). The zero-order valence-electron chi connectivity index (χ0n) is 15.5. The Morgan fingerprint density at radius 1 is 1.07 bits per heavy atom. The average molecular weight is 438 g/mol. The van der Waals surface area contributed by atoms with E-state index in [1.54, 1.807) is 0 Å². The molecule has 3 rings (SSSR count). The number of thiophene rings is 1. The number of amides is 1. The number of aromatic hydroxyl groups is 1. The molecule has 0 unspecified atom stereocenters. The number of phenolic OH excluding ortho intramolecular Hbond substituents is 1. The van der Waals surface area contributed by atoms with Crippen molar-refractivity contribution in [3.63, 3.8) is 0 Å². The molecule has 1 amide bonds. The molecule has 3 aromatic rings. The van der Waals surface area contributed by atoms with E-state index in [0.29, 0.717) is 15.8 Å². The van der Waals surface area contributed by atoms with E-state index in [1.165, 1.54) is 45.6 Å². The van der Waals surface area contributed by atoms with Crippen molar-refractivity contribution in [1.82, 2.24) is 0 Å². The SMILES string of the molecule is COc1cc(C(=O)Nc2sc3c(Cl)c(O)ccc3c2C(=O)O)cc(OC)c1OC. The lowest BCUT2D eigenvalue weighted by Crippen LogP contribution is -2.14. The number of carboxylic acids is 1. The maximum absolute atomic E-state index is 12.8. The highest BCUT2D eigenvalue weighted by Crippen LogP contribution is 2.43. The third-order valence-corrected chi connectivity index (χ3v) is 5.78. The number of aromatic carboxylic acids is 1. The predicted octanol–water partition coefficient (Wildman–Crippen LogP) is 4.24. The van der Waals surface area contributed by atoms with E-state index in [0.717, 1.165) is 11.3 Å². The van der Waals surface area contributed by atoms with Crippen molar-refractivity contribution in [3.05, 3.63) is 40.4 Å². The van der Waals surface area contributed by atoms with Crippen molar-refractivity contribution < 1.29 is 34.0 Å². The van der Waals surface area contributed by atoms with Gasteiger partial charge in [0.05, 0.1) is 26.0 Å². The van der Waals surface area contributed by atoms with E-state index in [9.17, 15) is 19.8 Å². The summed E-state index contributed by atoms with van der Waals surface area (Å²) in [5.41, 5.74) is 0.0509. The fourth-order valence-corrected chi connectivity index (χ4v) is 4.21. The number of halogens is 1. The van der Waals surface area contributed by atoms with Gasteiger partial charge in [0.2, 0.25) is 5.75 Å².